The van der Waals surface area contributed by atoms with Crippen LogP contribution in [-0.2, 0) is 4.79 Å². The Balaban J connectivity index is 2.11. The van der Waals surface area contributed by atoms with Gasteiger partial charge in [-0.25, -0.2) is 0 Å². The Bertz CT molecular complexity index is 426. The molecule has 1 aliphatic carbocycles. The van der Waals surface area contributed by atoms with Gasteiger partial charge >= 0.3 is 5.97 Å². The minimum absolute atomic E-state index is 0.0465. The summed E-state index contributed by atoms with van der Waals surface area (Å²) in [6, 6.07) is 0.437. The van der Waals surface area contributed by atoms with E-state index in [-0.39, 0.29) is 5.75 Å². The van der Waals surface area contributed by atoms with Crippen LogP contribution in [0.1, 0.15) is 56.8 Å². The van der Waals surface area contributed by atoms with Gasteiger partial charge < -0.3 is 9.67 Å². The number of hydrogen-bond acceptors (Lipinski definition) is 4. The van der Waals surface area contributed by atoms with Gasteiger partial charge in [0.25, 0.3) is 0 Å². The molecule has 0 bridgehead atoms. The molecule has 1 aliphatic rings. The zero-order valence-electron chi connectivity index (χ0n) is 11.3. The standard InChI is InChI=1S/C13H21N3O2S/c1-10-14-15-13(19-9-12(17)18)16(10)11-7-5-3-2-4-6-8-11/h11H,2-9H2,1H3,(H,17,18). The number of hydrogen-bond donors (Lipinski definition) is 1. The van der Waals surface area contributed by atoms with E-state index in [2.05, 4.69) is 14.8 Å². The smallest absolute Gasteiger partial charge is 0.313 e. The number of carboxylic acids is 1. The Hall–Kier alpha value is -1.04. The molecule has 1 fully saturated rings. The number of aromatic nitrogens is 3. The molecule has 1 aromatic heterocycles. The van der Waals surface area contributed by atoms with Crippen LogP contribution in [0.4, 0.5) is 0 Å². The number of carboxylic acid groups (broad SMARTS) is 1. The van der Waals surface area contributed by atoms with E-state index in [9.17, 15) is 4.79 Å². The molecule has 0 amide bonds. The quantitative estimate of drug-likeness (QED) is 0.860. The van der Waals surface area contributed by atoms with Crippen LogP contribution < -0.4 is 0 Å². The second-order valence-corrected chi connectivity index (χ2v) is 6.02. The largest absolute Gasteiger partial charge is 0.481 e. The molecule has 0 aromatic carbocycles. The molecule has 19 heavy (non-hydrogen) atoms. The summed E-state index contributed by atoms with van der Waals surface area (Å²) in [5, 5.41) is 17.8. The molecule has 0 spiro atoms. The van der Waals surface area contributed by atoms with Gasteiger partial charge in [-0.05, 0) is 19.8 Å². The zero-order chi connectivity index (χ0) is 13.7. The highest BCUT2D eigenvalue weighted by Gasteiger charge is 2.20. The average Bonchev–Trinajstić information content (AvgIpc) is 2.68. The third-order valence-corrected chi connectivity index (χ3v) is 4.53. The van der Waals surface area contributed by atoms with E-state index in [1.165, 1.54) is 43.9 Å². The Morgan fingerprint density at radius 2 is 1.89 bits per heavy atom. The zero-order valence-corrected chi connectivity index (χ0v) is 12.2. The van der Waals surface area contributed by atoms with Gasteiger partial charge in [0.05, 0.1) is 5.75 Å². The molecule has 0 radical (unpaired) electrons. The lowest BCUT2D eigenvalue weighted by atomic mass is 9.96. The Labute approximate surface area is 117 Å². The van der Waals surface area contributed by atoms with Crippen LogP contribution >= 0.6 is 11.8 Å². The van der Waals surface area contributed by atoms with Gasteiger partial charge in [0.15, 0.2) is 5.16 Å². The second kappa shape index (κ2) is 6.93. The van der Waals surface area contributed by atoms with E-state index >= 15 is 0 Å². The first-order valence-corrected chi connectivity index (χ1v) is 7.93. The highest BCUT2D eigenvalue weighted by molar-refractivity contribution is 7.99. The molecule has 1 saturated carbocycles. The third kappa shape index (κ3) is 3.96. The second-order valence-electron chi connectivity index (χ2n) is 5.08. The monoisotopic (exact) mass is 283 g/mol. The summed E-state index contributed by atoms with van der Waals surface area (Å²) < 4.78 is 2.15. The molecule has 5 nitrogen and oxygen atoms in total. The number of thioether (sulfide) groups is 1. The summed E-state index contributed by atoms with van der Waals surface area (Å²) in [6.07, 6.45) is 8.73. The van der Waals surface area contributed by atoms with Gasteiger partial charge in [0.1, 0.15) is 5.82 Å². The van der Waals surface area contributed by atoms with Crippen molar-refractivity contribution in [1.82, 2.24) is 14.8 Å². The highest BCUT2D eigenvalue weighted by Crippen LogP contribution is 2.30. The van der Waals surface area contributed by atoms with E-state index in [0.29, 0.717) is 6.04 Å². The minimum Gasteiger partial charge on any atom is -0.481 e. The normalized spacial score (nSPS) is 17.9. The molecule has 6 heteroatoms. The summed E-state index contributed by atoms with van der Waals surface area (Å²) in [7, 11) is 0. The van der Waals surface area contributed by atoms with E-state index in [4.69, 9.17) is 5.11 Å². The topological polar surface area (TPSA) is 68.0 Å². The molecule has 1 aromatic rings. The summed E-state index contributed by atoms with van der Waals surface area (Å²) in [4.78, 5) is 10.7. The van der Waals surface area contributed by atoms with Crippen LogP contribution in [0.25, 0.3) is 0 Å². The molecule has 0 atom stereocenters. The molecule has 0 saturated heterocycles. The average molecular weight is 283 g/mol. The maximum absolute atomic E-state index is 10.7. The number of carbonyl (C=O) groups is 1. The molecule has 2 rings (SSSR count). The maximum Gasteiger partial charge on any atom is 0.313 e. The Kier molecular flexibility index (Phi) is 5.24. The van der Waals surface area contributed by atoms with Crippen LogP contribution in [0.3, 0.4) is 0 Å². The highest BCUT2D eigenvalue weighted by atomic mass is 32.2. The van der Waals surface area contributed by atoms with Crippen LogP contribution in [0.15, 0.2) is 5.16 Å². The SMILES string of the molecule is Cc1nnc(SCC(=O)O)n1C1CCCCCCC1. The van der Waals surface area contributed by atoms with Crippen molar-refractivity contribution >= 4 is 17.7 Å². The first-order valence-electron chi connectivity index (χ1n) is 6.94. The first-order chi connectivity index (χ1) is 9.18. The van der Waals surface area contributed by atoms with Crippen molar-refractivity contribution < 1.29 is 9.90 Å². The van der Waals surface area contributed by atoms with Gasteiger partial charge in [-0.2, -0.15) is 0 Å². The van der Waals surface area contributed by atoms with E-state index in [0.717, 1.165) is 23.8 Å². The van der Waals surface area contributed by atoms with Crippen molar-refractivity contribution in [1.29, 1.82) is 0 Å². The molecule has 0 aliphatic heterocycles. The fourth-order valence-corrected chi connectivity index (χ4v) is 3.46. The van der Waals surface area contributed by atoms with Crippen LogP contribution in [0, 0.1) is 6.92 Å². The van der Waals surface area contributed by atoms with Crippen molar-refractivity contribution in [3.63, 3.8) is 0 Å². The fourth-order valence-electron chi connectivity index (χ4n) is 2.69. The molecule has 1 N–H and O–H groups in total. The summed E-state index contributed by atoms with van der Waals surface area (Å²) in [5.74, 6) is 0.138. The minimum atomic E-state index is -0.810. The molecule has 1 heterocycles. The van der Waals surface area contributed by atoms with Crippen LogP contribution in [0.2, 0.25) is 0 Å². The molecule has 106 valence electrons. The van der Waals surface area contributed by atoms with E-state index in [1.54, 1.807) is 0 Å². The lowest BCUT2D eigenvalue weighted by molar-refractivity contribution is -0.133. The summed E-state index contributed by atoms with van der Waals surface area (Å²) >= 11 is 1.27. The summed E-state index contributed by atoms with van der Waals surface area (Å²) in [5.41, 5.74) is 0. The summed E-state index contributed by atoms with van der Waals surface area (Å²) in [6.45, 7) is 1.95. The van der Waals surface area contributed by atoms with Crippen molar-refractivity contribution in [3.8, 4) is 0 Å². The molecule has 0 unspecified atom stereocenters. The van der Waals surface area contributed by atoms with Crippen molar-refractivity contribution in [2.45, 2.75) is 63.1 Å². The van der Waals surface area contributed by atoms with Gasteiger partial charge in [-0.15, -0.1) is 10.2 Å². The third-order valence-electron chi connectivity index (χ3n) is 3.60. The number of aryl methyl sites for hydroxylation is 1. The number of rotatable bonds is 4. The van der Waals surface area contributed by atoms with Gasteiger partial charge in [-0.3, -0.25) is 4.79 Å². The van der Waals surface area contributed by atoms with Crippen molar-refractivity contribution in [2.75, 3.05) is 5.75 Å². The Morgan fingerprint density at radius 1 is 1.26 bits per heavy atom. The maximum atomic E-state index is 10.7. The van der Waals surface area contributed by atoms with E-state index in [1.807, 2.05) is 6.92 Å². The lowest BCUT2D eigenvalue weighted by Crippen LogP contribution is -2.14. The molecular formula is C13H21N3O2S. The number of aliphatic carboxylic acids is 1. The van der Waals surface area contributed by atoms with Crippen LogP contribution in [-0.4, -0.2) is 31.6 Å². The van der Waals surface area contributed by atoms with Gasteiger partial charge in [0, 0.05) is 6.04 Å². The lowest BCUT2D eigenvalue weighted by Gasteiger charge is -2.23. The predicted molar refractivity (Wildman–Crippen MR) is 74.5 cm³/mol. The molecular weight excluding hydrogens is 262 g/mol. The Morgan fingerprint density at radius 3 is 2.53 bits per heavy atom. The first kappa shape index (κ1) is 14.4. The van der Waals surface area contributed by atoms with Gasteiger partial charge in [0.2, 0.25) is 0 Å². The van der Waals surface area contributed by atoms with Crippen LogP contribution in [0.5, 0.6) is 0 Å². The predicted octanol–water partition coefficient (Wildman–Crippen LogP) is 3.05. The van der Waals surface area contributed by atoms with E-state index < -0.39 is 5.97 Å². The number of nitrogens with zero attached hydrogens (tertiary/aromatic N) is 3. The van der Waals surface area contributed by atoms with Gasteiger partial charge in [-0.1, -0.05) is 43.9 Å². The fraction of sp³-hybridized carbons (Fsp3) is 0.769. The van der Waals surface area contributed by atoms with Crippen molar-refractivity contribution in [2.24, 2.45) is 0 Å². The van der Waals surface area contributed by atoms with Crippen molar-refractivity contribution in [3.05, 3.63) is 5.82 Å².